The molecule has 1 heterocycles. The van der Waals surface area contributed by atoms with Crippen molar-refractivity contribution in [2.75, 3.05) is 6.54 Å². The lowest BCUT2D eigenvalue weighted by molar-refractivity contribution is 0.476. The fourth-order valence-electron chi connectivity index (χ4n) is 1.61. The molecule has 0 amide bonds. The highest BCUT2D eigenvalue weighted by molar-refractivity contribution is 9.11. The molecule has 7 heteroatoms. The van der Waals surface area contributed by atoms with Gasteiger partial charge >= 0.3 is 0 Å². The second-order valence-electron chi connectivity index (χ2n) is 4.37. The molecule has 0 aromatic carbocycles. The van der Waals surface area contributed by atoms with Crippen LogP contribution in [0.15, 0.2) is 14.1 Å². The summed E-state index contributed by atoms with van der Waals surface area (Å²) in [6.07, 6.45) is 3.24. The molecule has 0 saturated heterocycles. The minimum absolute atomic E-state index is 0.200. The van der Waals surface area contributed by atoms with Crippen LogP contribution >= 0.6 is 38.9 Å². The first-order valence-electron chi connectivity index (χ1n) is 5.33. The topological polar surface area (TPSA) is 46.2 Å². The summed E-state index contributed by atoms with van der Waals surface area (Å²) in [6, 6.07) is 1.48. The number of nitrogens with one attached hydrogen (secondary N) is 1. The normalized spacial score (nSPS) is 18.3. The van der Waals surface area contributed by atoms with Crippen LogP contribution in [0.25, 0.3) is 0 Å². The molecule has 2 rings (SSSR count). The van der Waals surface area contributed by atoms with Gasteiger partial charge < -0.3 is 0 Å². The van der Waals surface area contributed by atoms with Crippen LogP contribution in [0.1, 0.15) is 26.2 Å². The monoisotopic (exact) mass is 357 g/mol. The van der Waals surface area contributed by atoms with E-state index in [1.54, 1.807) is 0 Å². The molecule has 0 radical (unpaired) electrons. The summed E-state index contributed by atoms with van der Waals surface area (Å²) in [6.45, 7) is 2.62. The summed E-state index contributed by atoms with van der Waals surface area (Å²) < 4.78 is 27.6. The van der Waals surface area contributed by atoms with Crippen molar-refractivity contribution in [1.29, 1.82) is 0 Å². The molecule has 1 fully saturated rings. The molecule has 0 atom stereocenters. The molecular weight excluding hydrogens is 346 g/mol. The van der Waals surface area contributed by atoms with Gasteiger partial charge in [-0.05, 0) is 46.7 Å². The number of thiophene rings is 1. The number of halogens is 2. The molecule has 0 spiro atoms. The summed E-state index contributed by atoms with van der Waals surface area (Å²) in [5.41, 5.74) is 0.200. The molecule has 17 heavy (non-hydrogen) atoms. The van der Waals surface area contributed by atoms with E-state index in [0.29, 0.717) is 15.4 Å². The Bertz CT molecular complexity index is 503. The van der Waals surface area contributed by atoms with Gasteiger partial charge in [0.15, 0.2) is 0 Å². The quantitative estimate of drug-likeness (QED) is 0.873. The summed E-state index contributed by atoms with van der Waals surface area (Å²) in [4.78, 5) is 0. The Labute approximate surface area is 119 Å². The van der Waals surface area contributed by atoms with Gasteiger partial charge in [0.2, 0.25) is 10.0 Å². The second kappa shape index (κ2) is 4.81. The summed E-state index contributed by atoms with van der Waals surface area (Å²) in [7, 11) is -3.41. The van der Waals surface area contributed by atoms with Crippen molar-refractivity contribution in [1.82, 2.24) is 4.72 Å². The van der Waals surface area contributed by atoms with Crippen molar-refractivity contribution in [2.24, 2.45) is 5.41 Å². The van der Waals surface area contributed by atoms with E-state index in [9.17, 15) is 8.42 Å². The van der Waals surface area contributed by atoms with Gasteiger partial charge in [0.25, 0.3) is 0 Å². The van der Waals surface area contributed by atoms with Crippen LogP contribution in [-0.4, -0.2) is 15.0 Å². The molecule has 1 aliphatic carbocycles. The third-order valence-electron chi connectivity index (χ3n) is 3.23. The Morgan fingerprint density at radius 3 is 2.65 bits per heavy atom. The van der Waals surface area contributed by atoms with Crippen LogP contribution in [0.4, 0.5) is 0 Å². The zero-order valence-electron chi connectivity index (χ0n) is 9.29. The molecule has 1 N–H and O–H groups in total. The summed E-state index contributed by atoms with van der Waals surface area (Å²) in [5.74, 6) is 0. The molecule has 1 aromatic heterocycles. The van der Waals surface area contributed by atoms with Crippen LogP contribution in [0.2, 0.25) is 5.02 Å². The molecule has 1 saturated carbocycles. The van der Waals surface area contributed by atoms with Crippen LogP contribution in [0.3, 0.4) is 0 Å². The maximum atomic E-state index is 12.0. The van der Waals surface area contributed by atoms with E-state index < -0.39 is 10.0 Å². The number of hydrogen-bond donors (Lipinski definition) is 1. The molecule has 1 aliphatic rings. The lowest BCUT2D eigenvalue weighted by Crippen LogP contribution is -2.29. The average molecular weight is 359 g/mol. The number of rotatable bonds is 5. The smallest absolute Gasteiger partial charge is 0.210 e. The minimum atomic E-state index is -3.41. The Hall–Kier alpha value is 0.380. The zero-order chi connectivity index (χ0) is 12.7. The van der Waals surface area contributed by atoms with Gasteiger partial charge in [0, 0.05) is 6.54 Å². The second-order valence-corrected chi connectivity index (χ2v) is 9.14. The molecule has 3 nitrogen and oxygen atoms in total. The largest absolute Gasteiger partial charge is 0.250 e. The first-order chi connectivity index (χ1) is 7.88. The molecule has 0 unspecified atom stereocenters. The highest BCUT2D eigenvalue weighted by Crippen LogP contribution is 2.48. The fraction of sp³-hybridized carbons (Fsp3) is 0.600. The van der Waals surface area contributed by atoms with Crippen molar-refractivity contribution in [2.45, 2.75) is 30.4 Å². The van der Waals surface area contributed by atoms with Gasteiger partial charge in [0.05, 0.1) is 8.81 Å². The van der Waals surface area contributed by atoms with Crippen molar-refractivity contribution in [3.8, 4) is 0 Å². The van der Waals surface area contributed by atoms with E-state index in [-0.39, 0.29) is 9.62 Å². The van der Waals surface area contributed by atoms with Crippen molar-refractivity contribution in [3.63, 3.8) is 0 Å². The summed E-state index contributed by atoms with van der Waals surface area (Å²) in [5, 5.41) is 0.437. The minimum Gasteiger partial charge on any atom is -0.210 e. The van der Waals surface area contributed by atoms with Gasteiger partial charge in [-0.25, -0.2) is 13.1 Å². The Morgan fingerprint density at radius 2 is 2.24 bits per heavy atom. The maximum Gasteiger partial charge on any atom is 0.250 e. The van der Waals surface area contributed by atoms with Gasteiger partial charge in [-0.3, -0.25) is 0 Å². The Balaban J connectivity index is 2.09. The number of hydrogen-bond acceptors (Lipinski definition) is 3. The molecule has 96 valence electrons. The van der Waals surface area contributed by atoms with Crippen LogP contribution in [0, 0.1) is 5.41 Å². The zero-order valence-corrected chi connectivity index (χ0v) is 13.3. The number of sulfonamides is 1. The molecule has 0 aliphatic heterocycles. The van der Waals surface area contributed by atoms with Gasteiger partial charge in [-0.15, -0.1) is 11.3 Å². The van der Waals surface area contributed by atoms with E-state index in [2.05, 4.69) is 27.6 Å². The fourth-order valence-corrected chi connectivity index (χ4v) is 5.21. The maximum absolute atomic E-state index is 12.0. The van der Waals surface area contributed by atoms with Crippen LogP contribution < -0.4 is 4.72 Å². The standard InChI is InChI=1S/C10H13BrClNO2S2/c1-2-10(3-4-10)6-13-17(14,15)8-5-7(12)9(11)16-8/h5,13H,2-4,6H2,1H3. The highest BCUT2D eigenvalue weighted by Gasteiger charge is 2.41. The lowest BCUT2D eigenvalue weighted by Gasteiger charge is -2.12. The SMILES string of the molecule is CCC1(CNS(=O)(=O)c2cc(Cl)c(Br)s2)CC1. The first kappa shape index (κ1) is 13.8. The van der Waals surface area contributed by atoms with Crippen LogP contribution in [0.5, 0.6) is 0 Å². The van der Waals surface area contributed by atoms with Crippen LogP contribution in [-0.2, 0) is 10.0 Å². The molecule has 1 aromatic rings. The van der Waals surface area contributed by atoms with E-state index >= 15 is 0 Å². The van der Waals surface area contributed by atoms with E-state index in [1.807, 2.05) is 0 Å². The van der Waals surface area contributed by atoms with Gasteiger partial charge in [0.1, 0.15) is 4.21 Å². The van der Waals surface area contributed by atoms with E-state index in [0.717, 1.165) is 30.6 Å². The van der Waals surface area contributed by atoms with E-state index in [1.165, 1.54) is 6.07 Å². The Morgan fingerprint density at radius 1 is 1.59 bits per heavy atom. The van der Waals surface area contributed by atoms with Crippen molar-refractivity contribution < 1.29 is 8.42 Å². The third-order valence-corrected chi connectivity index (χ3v) is 7.58. The van der Waals surface area contributed by atoms with Gasteiger partial charge in [-0.1, -0.05) is 18.5 Å². The lowest BCUT2D eigenvalue weighted by atomic mass is 10.1. The summed E-state index contributed by atoms with van der Waals surface area (Å²) >= 11 is 10.2. The average Bonchev–Trinajstić information content (AvgIpc) is 2.99. The predicted octanol–water partition coefficient (Wildman–Crippen LogP) is 3.63. The van der Waals surface area contributed by atoms with Gasteiger partial charge in [-0.2, -0.15) is 0 Å². The van der Waals surface area contributed by atoms with E-state index in [4.69, 9.17) is 11.6 Å². The highest BCUT2D eigenvalue weighted by atomic mass is 79.9. The third kappa shape index (κ3) is 3.04. The first-order valence-corrected chi connectivity index (χ1v) is 8.80. The molecule has 0 bridgehead atoms. The molecular formula is C10H13BrClNO2S2. The van der Waals surface area contributed by atoms with Crippen molar-refractivity contribution in [3.05, 3.63) is 14.9 Å². The van der Waals surface area contributed by atoms with Crippen molar-refractivity contribution >= 4 is 48.9 Å². The predicted molar refractivity (Wildman–Crippen MR) is 74.2 cm³/mol. The Kier molecular flexibility index (Phi) is 3.91.